The Hall–Kier alpha value is -3.72. The number of benzene rings is 2. The highest BCUT2D eigenvalue weighted by Crippen LogP contribution is 2.37. The van der Waals surface area contributed by atoms with Gasteiger partial charge in [-0.3, -0.25) is 14.7 Å². The molecule has 0 aliphatic heterocycles. The fourth-order valence-corrected chi connectivity index (χ4v) is 3.73. The van der Waals surface area contributed by atoms with Crippen LogP contribution >= 0.6 is 11.8 Å². The van der Waals surface area contributed by atoms with Crippen LogP contribution in [0.15, 0.2) is 83.1 Å². The number of pyridine rings is 1. The molecule has 8 nitrogen and oxygen atoms in total. The molecule has 0 aliphatic carbocycles. The second-order valence-electron chi connectivity index (χ2n) is 5.86. The molecule has 0 saturated carbocycles. The highest BCUT2D eigenvalue weighted by Gasteiger charge is 2.23. The van der Waals surface area contributed by atoms with Crippen molar-refractivity contribution >= 4 is 17.4 Å². The first kappa shape index (κ1) is 18.6. The normalized spacial score (nSPS) is 10.7. The number of nitro groups is 1. The molecule has 2 heterocycles. The summed E-state index contributed by atoms with van der Waals surface area (Å²) < 4.78 is 7.31. The van der Waals surface area contributed by atoms with Crippen molar-refractivity contribution in [2.45, 2.75) is 10.2 Å². The van der Waals surface area contributed by atoms with Gasteiger partial charge in [-0.1, -0.05) is 30.3 Å². The van der Waals surface area contributed by atoms with Crippen molar-refractivity contribution in [2.75, 3.05) is 7.11 Å². The fourth-order valence-electron chi connectivity index (χ4n) is 2.84. The number of para-hydroxylation sites is 2. The van der Waals surface area contributed by atoms with E-state index in [0.29, 0.717) is 16.7 Å². The maximum atomic E-state index is 11.4. The molecular formula is C20H15N5O3S. The maximum Gasteiger partial charge on any atom is 0.301 e. The first-order valence-electron chi connectivity index (χ1n) is 8.60. The molecule has 4 aromatic rings. The van der Waals surface area contributed by atoms with E-state index < -0.39 is 4.92 Å². The van der Waals surface area contributed by atoms with Gasteiger partial charge in [-0.2, -0.15) is 0 Å². The van der Waals surface area contributed by atoms with Crippen LogP contribution in [0, 0.1) is 10.1 Å². The topological polar surface area (TPSA) is 96.0 Å². The minimum Gasteiger partial charge on any atom is -0.496 e. The lowest BCUT2D eigenvalue weighted by Gasteiger charge is -2.12. The molecule has 29 heavy (non-hydrogen) atoms. The molecule has 0 aliphatic rings. The van der Waals surface area contributed by atoms with E-state index in [2.05, 4.69) is 15.2 Å². The summed E-state index contributed by atoms with van der Waals surface area (Å²) in [6, 6.07) is 20.0. The van der Waals surface area contributed by atoms with Crippen LogP contribution in [0.3, 0.4) is 0 Å². The van der Waals surface area contributed by atoms with E-state index in [0.717, 1.165) is 23.0 Å². The van der Waals surface area contributed by atoms with E-state index in [1.54, 1.807) is 7.11 Å². The van der Waals surface area contributed by atoms with Gasteiger partial charge in [-0.15, -0.1) is 10.2 Å². The Morgan fingerprint density at radius 1 is 1.00 bits per heavy atom. The Labute approximate surface area is 170 Å². The van der Waals surface area contributed by atoms with Gasteiger partial charge in [0, 0.05) is 18.0 Å². The molecule has 0 atom stereocenters. The van der Waals surface area contributed by atoms with Crippen LogP contribution in [0.5, 0.6) is 5.75 Å². The summed E-state index contributed by atoms with van der Waals surface area (Å²) >= 11 is 1.09. The number of rotatable bonds is 6. The van der Waals surface area contributed by atoms with Crippen molar-refractivity contribution in [3.8, 4) is 22.8 Å². The average Bonchev–Trinajstić information content (AvgIpc) is 3.17. The van der Waals surface area contributed by atoms with Crippen molar-refractivity contribution in [1.29, 1.82) is 0 Å². The van der Waals surface area contributed by atoms with Gasteiger partial charge in [0.1, 0.15) is 5.75 Å². The zero-order chi connectivity index (χ0) is 20.2. The average molecular weight is 405 g/mol. The van der Waals surface area contributed by atoms with Gasteiger partial charge in [0.25, 0.3) is 0 Å². The highest BCUT2D eigenvalue weighted by molar-refractivity contribution is 7.99. The van der Waals surface area contributed by atoms with Crippen molar-refractivity contribution in [3.05, 3.63) is 83.0 Å². The second kappa shape index (κ2) is 8.11. The molecule has 2 aromatic heterocycles. The minimum absolute atomic E-state index is 0.0843. The van der Waals surface area contributed by atoms with Gasteiger partial charge in [0.05, 0.1) is 17.6 Å². The van der Waals surface area contributed by atoms with E-state index in [1.165, 1.54) is 18.3 Å². The molecule has 0 saturated heterocycles. The molecule has 0 spiro atoms. The summed E-state index contributed by atoms with van der Waals surface area (Å²) in [5.74, 6) is 1.21. The summed E-state index contributed by atoms with van der Waals surface area (Å²) in [5.41, 5.74) is 1.49. The van der Waals surface area contributed by atoms with Gasteiger partial charge in [-0.05, 0) is 42.1 Å². The molecule has 144 valence electrons. The number of aromatic nitrogens is 4. The van der Waals surface area contributed by atoms with Gasteiger partial charge in [0.2, 0.25) is 5.16 Å². The predicted molar refractivity (Wildman–Crippen MR) is 108 cm³/mol. The zero-order valence-corrected chi connectivity index (χ0v) is 16.1. The monoisotopic (exact) mass is 405 g/mol. The summed E-state index contributed by atoms with van der Waals surface area (Å²) in [7, 11) is 1.59. The number of hydrogen-bond acceptors (Lipinski definition) is 7. The third-order valence-electron chi connectivity index (χ3n) is 4.13. The molecule has 0 unspecified atom stereocenters. The van der Waals surface area contributed by atoms with E-state index in [-0.39, 0.29) is 10.7 Å². The number of ether oxygens (including phenoxy) is 1. The quantitative estimate of drug-likeness (QED) is 0.346. The largest absolute Gasteiger partial charge is 0.496 e. The van der Waals surface area contributed by atoms with Crippen LogP contribution in [-0.2, 0) is 0 Å². The molecule has 4 rings (SSSR count). The van der Waals surface area contributed by atoms with Crippen LogP contribution in [0.25, 0.3) is 17.1 Å². The third kappa shape index (κ3) is 3.67. The molecule has 9 heteroatoms. The standard InChI is InChI=1S/C20H15N5O3S/c1-28-17-12-6-5-10-15(17)18-22-23-20(24(18)14-8-3-2-4-9-14)29-19-16(25(26)27)11-7-13-21-19/h2-13H,1H3. The molecule has 0 amide bonds. The fraction of sp³-hybridized carbons (Fsp3) is 0.0500. The van der Waals surface area contributed by atoms with E-state index >= 15 is 0 Å². The molecular weight excluding hydrogens is 390 g/mol. The van der Waals surface area contributed by atoms with Crippen LogP contribution in [0.2, 0.25) is 0 Å². The lowest BCUT2D eigenvalue weighted by molar-refractivity contribution is -0.388. The Kier molecular flexibility index (Phi) is 5.21. The summed E-state index contributed by atoms with van der Waals surface area (Å²) in [4.78, 5) is 15.1. The van der Waals surface area contributed by atoms with Crippen molar-refractivity contribution in [1.82, 2.24) is 19.7 Å². The van der Waals surface area contributed by atoms with Crippen molar-refractivity contribution in [3.63, 3.8) is 0 Å². The van der Waals surface area contributed by atoms with Gasteiger partial charge in [-0.25, -0.2) is 4.98 Å². The number of nitrogens with zero attached hydrogens (tertiary/aromatic N) is 5. The first-order valence-corrected chi connectivity index (χ1v) is 9.42. The van der Waals surface area contributed by atoms with Gasteiger partial charge >= 0.3 is 5.69 Å². The van der Waals surface area contributed by atoms with Gasteiger partial charge in [0.15, 0.2) is 10.9 Å². The molecule has 0 N–H and O–H groups in total. The van der Waals surface area contributed by atoms with E-state index in [1.807, 2.05) is 59.2 Å². The summed E-state index contributed by atoms with van der Waals surface area (Å²) in [6.45, 7) is 0. The smallest absolute Gasteiger partial charge is 0.301 e. The van der Waals surface area contributed by atoms with E-state index in [4.69, 9.17) is 4.74 Å². The van der Waals surface area contributed by atoms with Crippen molar-refractivity contribution < 1.29 is 9.66 Å². The lowest BCUT2D eigenvalue weighted by atomic mass is 10.2. The number of methoxy groups -OCH3 is 1. The SMILES string of the molecule is COc1ccccc1-c1nnc(Sc2ncccc2[N+](=O)[O-])n1-c1ccccc1. The Morgan fingerprint density at radius 3 is 2.52 bits per heavy atom. The van der Waals surface area contributed by atoms with Crippen molar-refractivity contribution in [2.24, 2.45) is 0 Å². The summed E-state index contributed by atoms with van der Waals surface area (Å²) in [5, 5.41) is 20.7. The van der Waals surface area contributed by atoms with Gasteiger partial charge < -0.3 is 4.74 Å². The highest BCUT2D eigenvalue weighted by atomic mass is 32.2. The molecule has 0 radical (unpaired) electrons. The molecule has 0 bridgehead atoms. The van der Waals surface area contributed by atoms with Crippen LogP contribution in [0.4, 0.5) is 5.69 Å². The first-order chi connectivity index (χ1) is 14.2. The van der Waals surface area contributed by atoms with Crippen LogP contribution in [-0.4, -0.2) is 31.8 Å². The second-order valence-corrected chi connectivity index (χ2v) is 6.82. The third-order valence-corrected chi connectivity index (χ3v) is 5.09. The zero-order valence-electron chi connectivity index (χ0n) is 15.3. The lowest BCUT2D eigenvalue weighted by Crippen LogP contribution is -2.01. The van der Waals surface area contributed by atoms with Crippen LogP contribution in [0.1, 0.15) is 0 Å². The summed E-state index contributed by atoms with van der Waals surface area (Å²) in [6.07, 6.45) is 1.51. The molecule has 0 fully saturated rings. The van der Waals surface area contributed by atoms with E-state index in [9.17, 15) is 10.1 Å². The maximum absolute atomic E-state index is 11.4. The number of hydrogen-bond donors (Lipinski definition) is 0. The molecule has 2 aromatic carbocycles. The Morgan fingerprint density at radius 2 is 1.76 bits per heavy atom. The Balaban J connectivity index is 1.88. The minimum atomic E-state index is -0.459. The van der Waals surface area contributed by atoms with Crippen LogP contribution < -0.4 is 4.74 Å². The predicted octanol–water partition coefficient (Wildman–Crippen LogP) is 4.40. The Bertz CT molecular complexity index is 1160.